The van der Waals surface area contributed by atoms with Gasteiger partial charge in [-0.05, 0) is 18.8 Å². The van der Waals surface area contributed by atoms with Gasteiger partial charge in [0.1, 0.15) is 5.82 Å². The zero-order valence-corrected chi connectivity index (χ0v) is 9.19. The third-order valence-corrected chi connectivity index (χ3v) is 2.88. The third-order valence-electron chi connectivity index (χ3n) is 2.88. The molecule has 82 valence electrons. The van der Waals surface area contributed by atoms with Crippen molar-refractivity contribution in [2.24, 2.45) is 11.7 Å². The summed E-state index contributed by atoms with van der Waals surface area (Å²) < 4.78 is 0. The smallest absolute Gasteiger partial charge is 0.147 e. The van der Waals surface area contributed by atoms with Gasteiger partial charge in [-0.25, -0.2) is 4.98 Å². The average molecular weight is 206 g/mol. The fourth-order valence-corrected chi connectivity index (χ4v) is 2.01. The van der Waals surface area contributed by atoms with E-state index in [4.69, 9.17) is 5.73 Å². The quantitative estimate of drug-likeness (QED) is 0.789. The van der Waals surface area contributed by atoms with Crippen LogP contribution in [0.3, 0.4) is 0 Å². The van der Waals surface area contributed by atoms with Crippen LogP contribution in [0.15, 0.2) is 12.4 Å². The molecule has 1 saturated heterocycles. The Bertz CT molecular complexity index is 309. The topological polar surface area (TPSA) is 55.0 Å². The molecule has 0 amide bonds. The number of hydrogen-bond acceptors (Lipinski definition) is 4. The molecule has 2 rings (SSSR count). The highest BCUT2D eigenvalue weighted by atomic mass is 15.2. The van der Waals surface area contributed by atoms with Crippen LogP contribution in [-0.2, 0) is 6.54 Å². The zero-order chi connectivity index (χ0) is 10.7. The van der Waals surface area contributed by atoms with Gasteiger partial charge in [0.15, 0.2) is 0 Å². The summed E-state index contributed by atoms with van der Waals surface area (Å²) in [6.07, 6.45) is 6.18. The lowest BCUT2D eigenvalue weighted by Crippen LogP contribution is -2.34. The number of hydrogen-bond donors (Lipinski definition) is 1. The Labute approximate surface area is 90.5 Å². The van der Waals surface area contributed by atoms with Gasteiger partial charge in [-0.1, -0.05) is 6.92 Å². The summed E-state index contributed by atoms with van der Waals surface area (Å²) in [4.78, 5) is 11.0. The van der Waals surface area contributed by atoms with Gasteiger partial charge in [0.05, 0.1) is 18.1 Å². The molecule has 1 aromatic rings. The summed E-state index contributed by atoms with van der Waals surface area (Å²) in [7, 11) is 0. The first-order valence-electron chi connectivity index (χ1n) is 5.55. The molecular weight excluding hydrogens is 188 g/mol. The van der Waals surface area contributed by atoms with Crippen LogP contribution in [0.1, 0.15) is 25.5 Å². The molecule has 0 spiro atoms. The summed E-state index contributed by atoms with van der Waals surface area (Å²) in [5, 5.41) is 0. The molecule has 1 aromatic heterocycles. The van der Waals surface area contributed by atoms with Crippen LogP contribution in [-0.4, -0.2) is 23.1 Å². The van der Waals surface area contributed by atoms with E-state index in [1.165, 1.54) is 12.8 Å². The van der Waals surface area contributed by atoms with E-state index in [9.17, 15) is 0 Å². The maximum atomic E-state index is 5.48. The van der Waals surface area contributed by atoms with Gasteiger partial charge in [-0.3, -0.25) is 4.98 Å². The van der Waals surface area contributed by atoms with E-state index in [2.05, 4.69) is 21.8 Å². The molecule has 1 atom stereocenters. The molecule has 0 radical (unpaired) electrons. The zero-order valence-electron chi connectivity index (χ0n) is 9.19. The van der Waals surface area contributed by atoms with Crippen molar-refractivity contribution >= 4 is 5.82 Å². The number of aromatic nitrogens is 2. The fraction of sp³-hybridized carbons (Fsp3) is 0.636. The highest BCUT2D eigenvalue weighted by Gasteiger charge is 2.17. The predicted molar refractivity (Wildman–Crippen MR) is 60.5 cm³/mol. The molecule has 0 aliphatic carbocycles. The largest absolute Gasteiger partial charge is 0.355 e. The Hall–Kier alpha value is -1.16. The van der Waals surface area contributed by atoms with Crippen molar-refractivity contribution in [1.82, 2.24) is 9.97 Å². The van der Waals surface area contributed by atoms with E-state index in [1.54, 1.807) is 6.20 Å². The van der Waals surface area contributed by atoms with Gasteiger partial charge >= 0.3 is 0 Å². The van der Waals surface area contributed by atoms with Crippen molar-refractivity contribution < 1.29 is 0 Å². The second kappa shape index (κ2) is 4.57. The minimum Gasteiger partial charge on any atom is -0.355 e. The molecule has 1 aliphatic rings. The van der Waals surface area contributed by atoms with Crippen LogP contribution in [0, 0.1) is 5.92 Å². The molecule has 1 fully saturated rings. The van der Waals surface area contributed by atoms with E-state index >= 15 is 0 Å². The summed E-state index contributed by atoms with van der Waals surface area (Å²) in [6, 6.07) is 0. The first-order chi connectivity index (χ1) is 7.29. The first-order valence-corrected chi connectivity index (χ1v) is 5.55. The van der Waals surface area contributed by atoms with Crippen molar-refractivity contribution in [2.45, 2.75) is 26.3 Å². The fourth-order valence-electron chi connectivity index (χ4n) is 2.01. The van der Waals surface area contributed by atoms with Gasteiger partial charge in [-0.2, -0.15) is 0 Å². The second-order valence-electron chi connectivity index (χ2n) is 4.26. The van der Waals surface area contributed by atoms with E-state index in [-0.39, 0.29) is 0 Å². The van der Waals surface area contributed by atoms with Gasteiger partial charge in [0.25, 0.3) is 0 Å². The Morgan fingerprint density at radius 1 is 1.47 bits per heavy atom. The summed E-state index contributed by atoms with van der Waals surface area (Å²) >= 11 is 0. The van der Waals surface area contributed by atoms with E-state index in [1.807, 2.05) is 6.20 Å². The van der Waals surface area contributed by atoms with Crippen molar-refractivity contribution in [1.29, 1.82) is 0 Å². The Morgan fingerprint density at radius 2 is 2.33 bits per heavy atom. The van der Waals surface area contributed by atoms with Crippen molar-refractivity contribution in [3.05, 3.63) is 18.1 Å². The molecule has 2 N–H and O–H groups in total. The van der Waals surface area contributed by atoms with Gasteiger partial charge < -0.3 is 10.6 Å². The number of nitrogens with zero attached hydrogens (tertiary/aromatic N) is 3. The number of anilines is 1. The van der Waals surface area contributed by atoms with Crippen molar-refractivity contribution in [2.75, 3.05) is 18.0 Å². The van der Waals surface area contributed by atoms with Gasteiger partial charge in [0.2, 0.25) is 0 Å². The molecule has 2 heterocycles. The number of piperidine rings is 1. The van der Waals surface area contributed by atoms with E-state index < -0.39 is 0 Å². The van der Waals surface area contributed by atoms with Crippen molar-refractivity contribution in [3.63, 3.8) is 0 Å². The maximum Gasteiger partial charge on any atom is 0.147 e. The van der Waals surface area contributed by atoms with Crippen molar-refractivity contribution in [3.8, 4) is 0 Å². The molecule has 0 aromatic carbocycles. The lowest BCUT2D eigenvalue weighted by molar-refractivity contribution is 0.444. The van der Waals surface area contributed by atoms with E-state index in [0.29, 0.717) is 6.54 Å². The van der Waals surface area contributed by atoms with Crippen LogP contribution in [0.5, 0.6) is 0 Å². The lowest BCUT2D eigenvalue weighted by Gasteiger charge is -2.31. The monoisotopic (exact) mass is 206 g/mol. The predicted octanol–water partition coefficient (Wildman–Crippen LogP) is 1.17. The second-order valence-corrected chi connectivity index (χ2v) is 4.26. The Balaban J connectivity index is 2.07. The third kappa shape index (κ3) is 2.45. The molecular formula is C11H18N4. The van der Waals surface area contributed by atoms with E-state index in [0.717, 1.165) is 30.5 Å². The number of nitrogens with two attached hydrogens (primary N) is 1. The standard InChI is InChI=1S/C11H18N4/c1-9-3-2-4-15(8-9)11-7-13-10(5-12)6-14-11/h6-7,9H,2-5,8,12H2,1H3. The summed E-state index contributed by atoms with van der Waals surface area (Å²) in [5.74, 6) is 1.74. The molecule has 15 heavy (non-hydrogen) atoms. The van der Waals surface area contributed by atoms with Crippen LogP contribution < -0.4 is 10.6 Å². The van der Waals surface area contributed by atoms with Crippen LogP contribution in [0.25, 0.3) is 0 Å². The van der Waals surface area contributed by atoms with Crippen LogP contribution >= 0.6 is 0 Å². The highest BCUT2D eigenvalue weighted by Crippen LogP contribution is 2.20. The maximum absolute atomic E-state index is 5.48. The molecule has 4 nitrogen and oxygen atoms in total. The van der Waals surface area contributed by atoms with Crippen LogP contribution in [0.2, 0.25) is 0 Å². The van der Waals surface area contributed by atoms with Gasteiger partial charge in [0, 0.05) is 19.6 Å². The lowest BCUT2D eigenvalue weighted by atomic mass is 10.0. The number of rotatable bonds is 2. The minimum absolute atomic E-state index is 0.462. The molecule has 1 unspecified atom stereocenters. The average Bonchev–Trinajstić information content (AvgIpc) is 2.29. The SMILES string of the molecule is CC1CCCN(c2cnc(CN)cn2)C1. The molecule has 1 aliphatic heterocycles. The first kappa shape index (κ1) is 10.4. The van der Waals surface area contributed by atoms with Gasteiger partial charge in [-0.15, -0.1) is 0 Å². The Kier molecular flexibility index (Phi) is 3.16. The molecule has 0 bridgehead atoms. The summed E-state index contributed by atoms with van der Waals surface area (Å²) in [6.45, 7) is 4.94. The normalized spacial score (nSPS) is 21.7. The highest BCUT2D eigenvalue weighted by molar-refractivity contribution is 5.36. The molecule has 0 saturated carbocycles. The van der Waals surface area contributed by atoms with Crippen LogP contribution in [0.4, 0.5) is 5.82 Å². The molecule has 4 heteroatoms. The Morgan fingerprint density at radius 3 is 2.93 bits per heavy atom. The summed E-state index contributed by atoms with van der Waals surface area (Å²) in [5.41, 5.74) is 6.34. The minimum atomic E-state index is 0.462.